The van der Waals surface area contributed by atoms with Crippen LogP contribution in [0.5, 0.6) is 0 Å². The zero-order valence-electron chi connectivity index (χ0n) is 16.5. The number of nitrogens with zero attached hydrogens (tertiary/aromatic N) is 8. The van der Waals surface area contributed by atoms with E-state index in [9.17, 15) is 0 Å². The zero-order valence-corrected chi connectivity index (χ0v) is 16.5. The maximum Gasteiger partial charge on any atom is 0.223 e. The van der Waals surface area contributed by atoms with Gasteiger partial charge in [-0.1, -0.05) is 18.0 Å². The molecule has 1 saturated heterocycles. The number of aryl methyl sites for hydroxylation is 2. The lowest BCUT2D eigenvalue weighted by Gasteiger charge is -2.35. The topological polar surface area (TPSA) is 89.0 Å². The molecule has 5 rings (SSSR count). The van der Waals surface area contributed by atoms with Crippen LogP contribution in [0.1, 0.15) is 49.1 Å². The fraction of sp³-hybridized carbons (Fsp3) is 0.632. The SMILES string of the molecule is Cc1nc(CN2CCN(c3nc(C4CCCC4)nc4c3cnn4C)CC2)no1. The molecule has 9 nitrogen and oxygen atoms in total. The summed E-state index contributed by atoms with van der Waals surface area (Å²) < 4.78 is 6.95. The van der Waals surface area contributed by atoms with Crippen molar-refractivity contribution < 1.29 is 4.52 Å². The Bertz CT molecular complexity index is 966. The highest BCUT2D eigenvalue weighted by Gasteiger charge is 2.26. The van der Waals surface area contributed by atoms with Crippen LogP contribution in [0.3, 0.4) is 0 Å². The summed E-state index contributed by atoms with van der Waals surface area (Å²) in [5.41, 5.74) is 0.941. The number of piperazine rings is 1. The Labute approximate surface area is 163 Å². The smallest absolute Gasteiger partial charge is 0.223 e. The predicted octanol–water partition coefficient (Wildman–Crippen LogP) is 2.03. The van der Waals surface area contributed by atoms with E-state index < -0.39 is 0 Å². The minimum absolute atomic E-state index is 0.487. The van der Waals surface area contributed by atoms with Gasteiger partial charge in [0.15, 0.2) is 11.5 Å². The molecule has 2 fully saturated rings. The van der Waals surface area contributed by atoms with E-state index in [0.717, 1.165) is 61.2 Å². The van der Waals surface area contributed by atoms with Crippen molar-refractivity contribution in [3.05, 3.63) is 23.7 Å². The van der Waals surface area contributed by atoms with Crippen molar-refractivity contribution in [2.75, 3.05) is 31.1 Å². The third kappa shape index (κ3) is 3.23. The summed E-state index contributed by atoms with van der Waals surface area (Å²) in [6, 6.07) is 0. The lowest BCUT2D eigenvalue weighted by atomic mass is 10.1. The summed E-state index contributed by atoms with van der Waals surface area (Å²) in [7, 11) is 1.96. The second-order valence-electron chi connectivity index (χ2n) is 7.89. The largest absolute Gasteiger partial charge is 0.353 e. The van der Waals surface area contributed by atoms with Crippen molar-refractivity contribution in [1.29, 1.82) is 0 Å². The van der Waals surface area contributed by atoms with Crippen molar-refractivity contribution >= 4 is 16.9 Å². The lowest BCUT2D eigenvalue weighted by Crippen LogP contribution is -2.46. The van der Waals surface area contributed by atoms with Crippen molar-refractivity contribution in [1.82, 2.24) is 34.8 Å². The Hall–Kier alpha value is -2.55. The van der Waals surface area contributed by atoms with E-state index in [1.54, 1.807) is 0 Å². The van der Waals surface area contributed by atoms with Gasteiger partial charge in [-0.2, -0.15) is 10.1 Å². The third-order valence-corrected chi connectivity index (χ3v) is 5.92. The summed E-state index contributed by atoms with van der Waals surface area (Å²) in [5.74, 6) is 3.89. The van der Waals surface area contributed by atoms with Gasteiger partial charge in [0.25, 0.3) is 0 Å². The van der Waals surface area contributed by atoms with Gasteiger partial charge < -0.3 is 9.42 Å². The van der Waals surface area contributed by atoms with Crippen LogP contribution in [-0.2, 0) is 13.6 Å². The van der Waals surface area contributed by atoms with Crippen LogP contribution in [-0.4, -0.2) is 61.0 Å². The monoisotopic (exact) mass is 382 g/mol. The molecule has 9 heteroatoms. The first-order chi connectivity index (χ1) is 13.7. The summed E-state index contributed by atoms with van der Waals surface area (Å²) in [4.78, 5) is 19.0. The highest BCUT2D eigenvalue weighted by Crippen LogP contribution is 2.35. The fourth-order valence-electron chi connectivity index (χ4n) is 4.35. The number of fused-ring (bicyclic) bond motifs is 1. The molecule has 0 spiro atoms. The first kappa shape index (κ1) is 17.5. The molecule has 2 aliphatic rings. The van der Waals surface area contributed by atoms with Gasteiger partial charge in [-0.3, -0.25) is 9.58 Å². The molecule has 4 heterocycles. The lowest BCUT2D eigenvalue weighted by molar-refractivity contribution is 0.239. The van der Waals surface area contributed by atoms with Crippen LogP contribution in [0.15, 0.2) is 10.7 Å². The zero-order chi connectivity index (χ0) is 19.1. The molecular formula is C19H26N8O. The second-order valence-corrected chi connectivity index (χ2v) is 7.89. The van der Waals surface area contributed by atoms with Gasteiger partial charge >= 0.3 is 0 Å². The van der Waals surface area contributed by atoms with E-state index in [4.69, 9.17) is 14.5 Å². The third-order valence-electron chi connectivity index (χ3n) is 5.92. The van der Waals surface area contributed by atoms with Crippen LogP contribution in [0.25, 0.3) is 11.0 Å². The molecule has 0 bridgehead atoms. The Morgan fingerprint density at radius 2 is 1.86 bits per heavy atom. The quantitative estimate of drug-likeness (QED) is 0.677. The second kappa shape index (κ2) is 7.12. The van der Waals surface area contributed by atoms with E-state index >= 15 is 0 Å². The highest BCUT2D eigenvalue weighted by molar-refractivity contribution is 5.87. The molecule has 0 radical (unpaired) electrons. The maximum atomic E-state index is 5.08. The van der Waals surface area contributed by atoms with Crippen LogP contribution in [0.4, 0.5) is 5.82 Å². The van der Waals surface area contributed by atoms with E-state index in [1.165, 1.54) is 25.7 Å². The molecule has 0 atom stereocenters. The molecule has 148 valence electrons. The van der Waals surface area contributed by atoms with E-state index in [1.807, 2.05) is 24.9 Å². The number of hydrogen-bond donors (Lipinski definition) is 0. The number of rotatable bonds is 4. The number of hydrogen-bond acceptors (Lipinski definition) is 8. The van der Waals surface area contributed by atoms with Gasteiger partial charge in [-0.05, 0) is 12.8 Å². The van der Waals surface area contributed by atoms with E-state index in [2.05, 4.69) is 25.0 Å². The van der Waals surface area contributed by atoms with Gasteiger partial charge in [0.05, 0.1) is 18.1 Å². The van der Waals surface area contributed by atoms with Crippen molar-refractivity contribution in [3.8, 4) is 0 Å². The van der Waals surface area contributed by atoms with Crippen LogP contribution in [0, 0.1) is 6.92 Å². The summed E-state index contributed by atoms with van der Waals surface area (Å²) in [6.45, 7) is 6.27. The van der Waals surface area contributed by atoms with Crippen LogP contribution in [0.2, 0.25) is 0 Å². The molecule has 0 N–H and O–H groups in total. The van der Waals surface area contributed by atoms with Crippen molar-refractivity contribution in [2.24, 2.45) is 7.05 Å². The first-order valence-corrected chi connectivity index (χ1v) is 10.1. The van der Waals surface area contributed by atoms with E-state index in [-0.39, 0.29) is 0 Å². The molecule has 28 heavy (non-hydrogen) atoms. The Morgan fingerprint density at radius 3 is 2.57 bits per heavy atom. The Morgan fingerprint density at radius 1 is 1.07 bits per heavy atom. The van der Waals surface area contributed by atoms with Gasteiger partial charge in [-0.25, -0.2) is 9.97 Å². The molecule has 0 unspecified atom stereocenters. The molecule has 1 aliphatic heterocycles. The minimum atomic E-state index is 0.487. The first-order valence-electron chi connectivity index (χ1n) is 10.1. The van der Waals surface area contributed by atoms with Crippen LogP contribution < -0.4 is 4.90 Å². The highest BCUT2D eigenvalue weighted by atomic mass is 16.5. The molecule has 1 saturated carbocycles. The van der Waals surface area contributed by atoms with E-state index in [0.29, 0.717) is 11.8 Å². The molecule has 0 amide bonds. The summed E-state index contributed by atoms with van der Waals surface area (Å²) in [5, 5.41) is 9.50. The minimum Gasteiger partial charge on any atom is -0.353 e. The molecule has 3 aromatic rings. The van der Waals surface area contributed by atoms with Gasteiger partial charge in [-0.15, -0.1) is 0 Å². The molecule has 1 aliphatic carbocycles. The summed E-state index contributed by atoms with van der Waals surface area (Å²) >= 11 is 0. The average Bonchev–Trinajstić information content (AvgIpc) is 3.45. The maximum absolute atomic E-state index is 5.08. The fourth-order valence-corrected chi connectivity index (χ4v) is 4.35. The Balaban J connectivity index is 1.37. The molecule has 0 aromatic carbocycles. The molecular weight excluding hydrogens is 356 g/mol. The molecule has 3 aromatic heterocycles. The number of aromatic nitrogens is 6. The van der Waals surface area contributed by atoms with Gasteiger partial charge in [0.2, 0.25) is 5.89 Å². The number of anilines is 1. The van der Waals surface area contributed by atoms with Crippen molar-refractivity contribution in [2.45, 2.75) is 45.1 Å². The standard InChI is InChI=1S/C19H26N8O/c1-13-21-16(24-28-13)12-26-7-9-27(10-8-26)19-15-11-20-25(2)18(15)22-17(23-19)14-5-3-4-6-14/h11,14H,3-10,12H2,1-2H3. The van der Waals surface area contributed by atoms with Gasteiger partial charge in [0, 0.05) is 46.1 Å². The van der Waals surface area contributed by atoms with Gasteiger partial charge in [0.1, 0.15) is 11.6 Å². The van der Waals surface area contributed by atoms with Crippen molar-refractivity contribution in [3.63, 3.8) is 0 Å². The normalized spacial score (nSPS) is 19.1. The average molecular weight is 382 g/mol. The Kier molecular flexibility index (Phi) is 4.46. The summed E-state index contributed by atoms with van der Waals surface area (Å²) in [6.07, 6.45) is 6.85. The predicted molar refractivity (Wildman–Crippen MR) is 104 cm³/mol. The van der Waals surface area contributed by atoms with Crippen LogP contribution >= 0.6 is 0 Å².